The fourth-order valence-electron chi connectivity index (χ4n) is 5.08. The van der Waals surface area contributed by atoms with E-state index in [2.05, 4.69) is 12.2 Å². The van der Waals surface area contributed by atoms with Crippen LogP contribution < -0.4 is 4.90 Å². The minimum absolute atomic E-state index is 0.0305. The lowest BCUT2D eigenvalue weighted by atomic mass is 9.63. The second kappa shape index (κ2) is 3.89. The van der Waals surface area contributed by atoms with Crippen LogP contribution in [0, 0.1) is 49.4 Å². The van der Waals surface area contributed by atoms with Gasteiger partial charge in [0.15, 0.2) is 0 Å². The van der Waals surface area contributed by atoms with E-state index >= 15 is 0 Å². The summed E-state index contributed by atoms with van der Waals surface area (Å²) in [5.74, 6) is 1.77. The van der Waals surface area contributed by atoms with E-state index in [4.69, 9.17) is 0 Å². The van der Waals surface area contributed by atoms with Gasteiger partial charge in [-0.05, 0) is 67.2 Å². The largest absolute Gasteiger partial charge is 0.274 e. The Kier molecular flexibility index (Phi) is 2.23. The molecule has 0 N–H and O–H groups in total. The number of rotatable bonds is 1. The highest BCUT2D eigenvalue weighted by Gasteiger charge is 2.67. The topological polar surface area (TPSA) is 37.4 Å². The van der Waals surface area contributed by atoms with Gasteiger partial charge >= 0.3 is 0 Å². The normalized spacial score (nSPS) is 40.9. The maximum absolute atomic E-state index is 13.0. The number of anilines is 1. The van der Waals surface area contributed by atoms with E-state index in [0.29, 0.717) is 23.7 Å². The number of hydrogen-bond acceptors (Lipinski definition) is 2. The standard InChI is InChI=1S/C19H19NO2/c1-9-3-4-11(7-10(9)2)20-18(21)16-12-5-6-13(15-8-14(12)15)17(16)19(20)22/h3-7,12-17H,8H2,1-2H3/t12-,13+,14-,15-,16+,17-/m0/s1. The first-order valence-corrected chi connectivity index (χ1v) is 8.21. The molecule has 2 bridgehead atoms. The molecule has 1 aromatic carbocycles. The molecule has 3 heteroatoms. The van der Waals surface area contributed by atoms with Gasteiger partial charge in [-0.1, -0.05) is 18.2 Å². The lowest BCUT2D eigenvalue weighted by molar-refractivity contribution is -0.124. The summed E-state index contributed by atoms with van der Waals surface area (Å²) in [6, 6.07) is 5.88. The molecule has 6 rings (SSSR count). The summed E-state index contributed by atoms with van der Waals surface area (Å²) >= 11 is 0. The van der Waals surface area contributed by atoms with Crippen LogP contribution in [0.1, 0.15) is 17.5 Å². The molecule has 3 nitrogen and oxygen atoms in total. The van der Waals surface area contributed by atoms with Crippen LogP contribution in [0.15, 0.2) is 30.4 Å². The van der Waals surface area contributed by atoms with Gasteiger partial charge in [-0.3, -0.25) is 14.5 Å². The Morgan fingerprint density at radius 2 is 1.50 bits per heavy atom. The number of amides is 2. The van der Waals surface area contributed by atoms with Gasteiger partial charge in [0.1, 0.15) is 0 Å². The number of carbonyl (C=O) groups excluding carboxylic acids is 2. The van der Waals surface area contributed by atoms with Gasteiger partial charge in [-0.25, -0.2) is 0 Å². The molecule has 1 heterocycles. The molecule has 5 aliphatic rings. The Labute approximate surface area is 130 Å². The van der Waals surface area contributed by atoms with E-state index in [1.165, 1.54) is 16.9 Å². The first-order chi connectivity index (χ1) is 10.6. The summed E-state index contributed by atoms with van der Waals surface area (Å²) in [6.07, 6.45) is 5.64. The van der Waals surface area contributed by atoms with Crippen LogP contribution in [0.3, 0.4) is 0 Å². The molecule has 1 aromatic rings. The number of benzene rings is 1. The molecular formula is C19H19NO2. The summed E-state index contributed by atoms with van der Waals surface area (Å²) < 4.78 is 0. The van der Waals surface area contributed by atoms with Crippen LogP contribution in [0.5, 0.6) is 0 Å². The molecule has 0 aromatic heterocycles. The van der Waals surface area contributed by atoms with Crippen molar-refractivity contribution in [1.82, 2.24) is 0 Å². The van der Waals surface area contributed by atoms with Gasteiger partial charge in [0, 0.05) is 0 Å². The van der Waals surface area contributed by atoms with Gasteiger partial charge in [-0.2, -0.15) is 0 Å². The quantitative estimate of drug-likeness (QED) is 0.590. The summed E-state index contributed by atoms with van der Waals surface area (Å²) in [6.45, 7) is 4.07. The van der Waals surface area contributed by atoms with Crippen LogP contribution in [0.25, 0.3) is 0 Å². The lowest BCUT2D eigenvalue weighted by Gasteiger charge is -2.37. The van der Waals surface area contributed by atoms with Gasteiger partial charge in [-0.15, -0.1) is 0 Å². The Morgan fingerprint density at radius 1 is 0.909 bits per heavy atom. The summed E-state index contributed by atoms with van der Waals surface area (Å²) in [5, 5.41) is 0. The number of nitrogens with zero attached hydrogens (tertiary/aromatic N) is 1. The average molecular weight is 293 g/mol. The highest BCUT2D eigenvalue weighted by molar-refractivity contribution is 6.22. The van der Waals surface area contributed by atoms with Gasteiger partial charge in [0.05, 0.1) is 17.5 Å². The van der Waals surface area contributed by atoms with Crippen molar-refractivity contribution < 1.29 is 9.59 Å². The Morgan fingerprint density at radius 3 is 2.05 bits per heavy atom. The zero-order valence-corrected chi connectivity index (χ0v) is 12.8. The smallest absolute Gasteiger partial charge is 0.238 e. The van der Waals surface area contributed by atoms with Crippen LogP contribution in [-0.2, 0) is 9.59 Å². The Hall–Kier alpha value is -1.90. The van der Waals surface area contributed by atoms with Crippen molar-refractivity contribution in [2.45, 2.75) is 20.3 Å². The third kappa shape index (κ3) is 1.37. The predicted molar refractivity (Wildman–Crippen MR) is 83.1 cm³/mol. The Balaban J connectivity index is 1.58. The molecule has 0 unspecified atom stereocenters. The van der Waals surface area contributed by atoms with Crippen LogP contribution in [-0.4, -0.2) is 11.8 Å². The van der Waals surface area contributed by atoms with Crippen LogP contribution in [0.2, 0.25) is 0 Å². The monoisotopic (exact) mass is 293 g/mol. The Bertz CT molecular complexity index is 714. The molecule has 1 aliphatic heterocycles. The van der Waals surface area contributed by atoms with Crippen molar-refractivity contribution in [2.24, 2.45) is 35.5 Å². The second-order valence-electron chi connectivity index (χ2n) is 7.44. The SMILES string of the molecule is Cc1ccc(N2C(=O)[C@@H]3[C@H]4C=C[C@H]([C@@H]5C[C@@H]45)[C@@H]3C2=O)cc1C. The fraction of sp³-hybridized carbons (Fsp3) is 0.474. The second-order valence-corrected chi connectivity index (χ2v) is 7.44. The molecule has 4 aliphatic carbocycles. The van der Waals surface area contributed by atoms with Crippen molar-refractivity contribution >= 4 is 17.5 Å². The summed E-state index contributed by atoms with van der Waals surface area (Å²) in [7, 11) is 0. The van der Waals surface area contributed by atoms with E-state index < -0.39 is 0 Å². The average Bonchev–Trinajstić information content (AvgIpc) is 3.28. The predicted octanol–water partition coefficient (Wildman–Crippen LogP) is 2.86. The molecule has 22 heavy (non-hydrogen) atoms. The molecule has 3 fully saturated rings. The van der Waals surface area contributed by atoms with Crippen LogP contribution >= 0.6 is 0 Å². The molecule has 2 saturated carbocycles. The van der Waals surface area contributed by atoms with E-state index in [9.17, 15) is 9.59 Å². The fourth-order valence-corrected chi connectivity index (χ4v) is 5.08. The third-order valence-electron chi connectivity index (χ3n) is 6.41. The van der Waals surface area contributed by atoms with Gasteiger partial charge in [0.25, 0.3) is 0 Å². The first kappa shape index (κ1) is 12.6. The molecule has 1 saturated heterocycles. The van der Waals surface area contributed by atoms with Crippen molar-refractivity contribution in [3.63, 3.8) is 0 Å². The van der Waals surface area contributed by atoms with Crippen molar-refractivity contribution in [3.8, 4) is 0 Å². The highest BCUT2D eigenvalue weighted by atomic mass is 16.2. The van der Waals surface area contributed by atoms with Crippen molar-refractivity contribution in [2.75, 3.05) is 4.90 Å². The zero-order chi connectivity index (χ0) is 15.2. The molecule has 6 atom stereocenters. The maximum atomic E-state index is 13.0. The summed E-state index contributed by atoms with van der Waals surface area (Å²) in [4.78, 5) is 27.4. The number of imide groups is 1. The van der Waals surface area contributed by atoms with E-state index in [0.717, 1.165) is 11.3 Å². The third-order valence-corrected chi connectivity index (χ3v) is 6.41. The number of allylic oxidation sites excluding steroid dienone is 2. The molecular weight excluding hydrogens is 274 g/mol. The number of aryl methyl sites for hydroxylation is 2. The molecule has 0 radical (unpaired) electrons. The van der Waals surface area contributed by atoms with Crippen molar-refractivity contribution in [3.05, 3.63) is 41.5 Å². The summed E-state index contributed by atoms with van der Waals surface area (Å²) in [5.41, 5.74) is 3.06. The minimum Gasteiger partial charge on any atom is -0.274 e. The number of hydrogen-bond donors (Lipinski definition) is 0. The zero-order valence-electron chi connectivity index (χ0n) is 12.8. The van der Waals surface area contributed by atoms with Crippen LogP contribution in [0.4, 0.5) is 5.69 Å². The number of carbonyl (C=O) groups is 2. The first-order valence-electron chi connectivity index (χ1n) is 8.21. The van der Waals surface area contributed by atoms with Gasteiger partial charge < -0.3 is 0 Å². The van der Waals surface area contributed by atoms with Crippen molar-refractivity contribution in [1.29, 1.82) is 0 Å². The van der Waals surface area contributed by atoms with E-state index in [-0.39, 0.29) is 23.7 Å². The minimum atomic E-state index is -0.104. The van der Waals surface area contributed by atoms with E-state index in [1.54, 1.807) is 0 Å². The molecule has 0 spiro atoms. The molecule has 112 valence electrons. The maximum Gasteiger partial charge on any atom is 0.238 e. The van der Waals surface area contributed by atoms with E-state index in [1.807, 2.05) is 32.0 Å². The molecule has 2 amide bonds. The van der Waals surface area contributed by atoms with Gasteiger partial charge in [0.2, 0.25) is 11.8 Å². The lowest BCUT2D eigenvalue weighted by Crippen LogP contribution is -2.40. The highest BCUT2D eigenvalue weighted by Crippen LogP contribution is 2.65.